The fourth-order valence-corrected chi connectivity index (χ4v) is 2.01. The molecule has 3 heteroatoms. The number of hydrogen-bond acceptors (Lipinski definition) is 3. The van der Waals surface area contributed by atoms with Crippen LogP contribution in [0.15, 0.2) is 35.7 Å². The van der Waals surface area contributed by atoms with Gasteiger partial charge in [0, 0.05) is 5.56 Å². The monoisotopic (exact) mass is 205 g/mol. The fraction of sp³-hybridized carbons (Fsp3) is 0.0909. The lowest BCUT2D eigenvalue weighted by Gasteiger charge is -2.03. The molecule has 0 amide bonds. The van der Waals surface area contributed by atoms with E-state index in [1.54, 1.807) is 18.4 Å². The lowest BCUT2D eigenvalue weighted by atomic mass is 10.1. The molecule has 0 spiro atoms. The molecule has 0 radical (unpaired) electrons. The van der Waals surface area contributed by atoms with Crippen LogP contribution in [0.1, 0.15) is 0 Å². The first-order valence-corrected chi connectivity index (χ1v) is 5.16. The average Bonchev–Trinajstić information content (AvgIpc) is 2.65. The maximum Gasteiger partial charge on any atom is 0.119 e. The quantitative estimate of drug-likeness (QED) is 0.818. The molecule has 72 valence electrons. The van der Waals surface area contributed by atoms with E-state index in [1.165, 1.54) is 0 Å². The third kappa shape index (κ3) is 1.59. The summed E-state index contributed by atoms with van der Waals surface area (Å²) >= 11 is 1.55. The van der Waals surface area contributed by atoms with Gasteiger partial charge in [-0.15, -0.1) is 11.3 Å². The van der Waals surface area contributed by atoms with Crippen molar-refractivity contribution in [1.29, 1.82) is 0 Å². The van der Waals surface area contributed by atoms with Crippen LogP contribution < -0.4 is 10.5 Å². The maximum absolute atomic E-state index is 5.84. The molecule has 2 rings (SSSR count). The highest BCUT2D eigenvalue weighted by atomic mass is 32.1. The Labute approximate surface area is 86.9 Å². The second-order valence-electron chi connectivity index (χ2n) is 2.93. The van der Waals surface area contributed by atoms with Gasteiger partial charge in [0.2, 0.25) is 0 Å². The van der Waals surface area contributed by atoms with Crippen LogP contribution in [0, 0.1) is 0 Å². The maximum atomic E-state index is 5.84. The summed E-state index contributed by atoms with van der Waals surface area (Å²) in [6, 6.07) is 9.92. The van der Waals surface area contributed by atoms with Crippen LogP contribution in [0.2, 0.25) is 0 Å². The second kappa shape index (κ2) is 3.72. The van der Waals surface area contributed by atoms with E-state index in [2.05, 4.69) is 0 Å². The average molecular weight is 205 g/mol. The minimum atomic E-state index is 0.846. The molecule has 0 saturated heterocycles. The van der Waals surface area contributed by atoms with E-state index in [0.29, 0.717) is 0 Å². The predicted molar refractivity (Wildman–Crippen MR) is 60.7 cm³/mol. The van der Waals surface area contributed by atoms with Gasteiger partial charge >= 0.3 is 0 Å². The molecular weight excluding hydrogens is 194 g/mol. The van der Waals surface area contributed by atoms with Crippen molar-refractivity contribution in [2.24, 2.45) is 0 Å². The molecule has 1 heterocycles. The number of nitrogen functional groups attached to an aromatic ring is 1. The van der Waals surface area contributed by atoms with Crippen molar-refractivity contribution in [2.45, 2.75) is 0 Å². The van der Waals surface area contributed by atoms with Gasteiger partial charge in [-0.2, -0.15) is 0 Å². The zero-order valence-corrected chi connectivity index (χ0v) is 8.67. The van der Waals surface area contributed by atoms with Gasteiger partial charge in [-0.05, 0) is 29.1 Å². The van der Waals surface area contributed by atoms with Gasteiger partial charge in [0.25, 0.3) is 0 Å². The highest BCUT2D eigenvalue weighted by Crippen LogP contribution is 2.32. The Kier molecular flexibility index (Phi) is 2.41. The number of rotatable bonds is 2. The highest BCUT2D eigenvalue weighted by molar-refractivity contribution is 7.14. The minimum absolute atomic E-state index is 0.846. The largest absolute Gasteiger partial charge is 0.497 e. The molecule has 0 aliphatic heterocycles. The number of methoxy groups -OCH3 is 1. The van der Waals surface area contributed by atoms with E-state index in [0.717, 1.165) is 21.9 Å². The number of thiophene rings is 1. The summed E-state index contributed by atoms with van der Waals surface area (Å²) in [6.45, 7) is 0. The van der Waals surface area contributed by atoms with Crippen molar-refractivity contribution < 1.29 is 4.74 Å². The standard InChI is InChI=1S/C11H11NOS/c1-13-9-4-2-3-8(7-9)10-5-6-14-11(10)12/h2-7H,12H2,1H3. The molecule has 0 aliphatic rings. The molecule has 2 nitrogen and oxygen atoms in total. The van der Waals surface area contributed by atoms with Crippen LogP contribution in [0.4, 0.5) is 5.00 Å². The van der Waals surface area contributed by atoms with Crippen LogP contribution in [0.3, 0.4) is 0 Å². The SMILES string of the molecule is COc1cccc(-c2ccsc2N)c1. The first kappa shape index (κ1) is 9.09. The van der Waals surface area contributed by atoms with Crippen LogP contribution in [0.5, 0.6) is 5.75 Å². The normalized spacial score (nSPS) is 10.1. The topological polar surface area (TPSA) is 35.2 Å². The first-order valence-electron chi connectivity index (χ1n) is 4.28. The van der Waals surface area contributed by atoms with Crippen LogP contribution in [-0.4, -0.2) is 7.11 Å². The van der Waals surface area contributed by atoms with Crippen LogP contribution in [-0.2, 0) is 0 Å². The second-order valence-corrected chi connectivity index (χ2v) is 3.88. The Hall–Kier alpha value is -1.48. The van der Waals surface area contributed by atoms with E-state index in [1.807, 2.05) is 35.7 Å². The van der Waals surface area contributed by atoms with E-state index in [9.17, 15) is 0 Å². The van der Waals surface area contributed by atoms with Crippen LogP contribution in [0.25, 0.3) is 11.1 Å². The molecule has 0 atom stereocenters. The Morgan fingerprint density at radius 1 is 1.29 bits per heavy atom. The fourth-order valence-electron chi connectivity index (χ4n) is 1.35. The summed E-state index contributed by atoms with van der Waals surface area (Å²) in [7, 11) is 1.66. The Bertz CT molecular complexity index is 436. The van der Waals surface area contributed by atoms with Crippen molar-refractivity contribution in [3.05, 3.63) is 35.7 Å². The van der Waals surface area contributed by atoms with E-state index in [-0.39, 0.29) is 0 Å². The summed E-state index contributed by atoms with van der Waals surface area (Å²) in [5.41, 5.74) is 8.02. The third-order valence-electron chi connectivity index (χ3n) is 2.08. The zero-order valence-electron chi connectivity index (χ0n) is 7.86. The summed E-state index contributed by atoms with van der Waals surface area (Å²) in [4.78, 5) is 0. The molecule has 14 heavy (non-hydrogen) atoms. The van der Waals surface area contributed by atoms with E-state index >= 15 is 0 Å². The summed E-state index contributed by atoms with van der Waals surface area (Å²) in [5, 5.41) is 2.84. The van der Waals surface area contributed by atoms with Gasteiger partial charge in [-0.3, -0.25) is 0 Å². The van der Waals surface area contributed by atoms with Gasteiger partial charge in [-0.1, -0.05) is 12.1 Å². The zero-order chi connectivity index (χ0) is 9.97. The van der Waals surface area contributed by atoms with E-state index < -0.39 is 0 Å². The molecule has 1 aromatic carbocycles. The Balaban J connectivity index is 2.47. The number of hydrogen-bond donors (Lipinski definition) is 1. The van der Waals surface area contributed by atoms with Gasteiger partial charge in [0.1, 0.15) is 5.75 Å². The molecule has 1 aromatic heterocycles. The highest BCUT2D eigenvalue weighted by Gasteiger charge is 2.03. The van der Waals surface area contributed by atoms with Gasteiger partial charge in [0.05, 0.1) is 12.1 Å². The van der Waals surface area contributed by atoms with Crippen molar-refractivity contribution in [3.63, 3.8) is 0 Å². The van der Waals surface area contributed by atoms with Gasteiger partial charge < -0.3 is 10.5 Å². The lowest BCUT2D eigenvalue weighted by Crippen LogP contribution is -1.85. The molecule has 0 saturated carbocycles. The van der Waals surface area contributed by atoms with Gasteiger partial charge in [-0.25, -0.2) is 0 Å². The lowest BCUT2D eigenvalue weighted by molar-refractivity contribution is 0.415. The Morgan fingerprint density at radius 2 is 2.14 bits per heavy atom. The predicted octanol–water partition coefficient (Wildman–Crippen LogP) is 3.01. The van der Waals surface area contributed by atoms with Crippen molar-refractivity contribution >= 4 is 16.3 Å². The molecule has 0 bridgehead atoms. The minimum Gasteiger partial charge on any atom is -0.497 e. The van der Waals surface area contributed by atoms with Gasteiger partial charge in [0.15, 0.2) is 0 Å². The smallest absolute Gasteiger partial charge is 0.119 e. The van der Waals surface area contributed by atoms with Crippen molar-refractivity contribution in [1.82, 2.24) is 0 Å². The number of anilines is 1. The molecule has 2 N–H and O–H groups in total. The summed E-state index contributed by atoms with van der Waals surface area (Å²) < 4.78 is 5.16. The number of nitrogens with two attached hydrogens (primary N) is 1. The van der Waals surface area contributed by atoms with Crippen LogP contribution >= 0.6 is 11.3 Å². The third-order valence-corrected chi connectivity index (χ3v) is 2.82. The van der Waals surface area contributed by atoms with E-state index in [4.69, 9.17) is 10.5 Å². The van der Waals surface area contributed by atoms with Crippen molar-refractivity contribution in [3.8, 4) is 16.9 Å². The molecule has 0 aliphatic carbocycles. The summed E-state index contributed by atoms with van der Waals surface area (Å²) in [5.74, 6) is 0.855. The number of benzene rings is 1. The number of ether oxygens (including phenoxy) is 1. The van der Waals surface area contributed by atoms with Crippen molar-refractivity contribution in [2.75, 3.05) is 12.8 Å². The molecular formula is C11H11NOS. The Morgan fingerprint density at radius 3 is 2.79 bits per heavy atom. The molecule has 0 fully saturated rings. The first-order chi connectivity index (χ1) is 6.81. The molecule has 2 aromatic rings. The summed E-state index contributed by atoms with van der Waals surface area (Å²) in [6.07, 6.45) is 0. The molecule has 0 unspecified atom stereocenters.